The summed E-state index contributed by atoms with van der Waals surface area (Å²) in [6.07, 6.45) is -0.883. The highest BCUT2D eigenvalue weighted by molar-refractivity contribution is 9.10. The van der Waals surface area contributed by atoms with Crippen molar-refractivity contribution < 1.29 is 14.2 Å². The summed E-state index contributed by atoms with van der Waals surface area (Å²) in [5.74, 6) is 0.254. The fraction of sp³-hybridized carbons (Fsp3) is 0.200. The van der Waals surface area contributed by atoms with Crippen LogP contribution >= 0.6 is 31.9 Å². The summed E-state index contributed by atoms with van der Waals surface area (Å²) in [6.45, 7) is 2.39. The molecule has 0 aliphatic rings. The zero-order chi connectivity index (χ0) is 14.7. The molecule has 0 aliphatic carbocycles. The Morgan fingerprint density at radius 3 is 2.60 bits per heavy atom. The second-order valence-corrected chi connectivity index (χ2v) is 5.96. The van der Waals surface area contributed by atoms with Crippen LogP contribution < -0.4 is 4.74 Å². The number of ether oxygens (including phenoxy) is 1. The Hall–Kier alpha value is -0.910. The van der Waals surface area contributed by atoms with Crippen molar-refractivity contribution in [3.63, 3.8) is 0 Å². The number of hydrogen-bond donors (Lipinski definition) is 1. The van der Waals surface area contributed by atoms with Gasteiger partial charge in [0.1, 0.15) is 17.7 Å². The molecule has 0 saturated heterocycles. The van der Waals surface area contributed by atoms with Crippen LogP contribution in [0.25, 0.3) is 0 Å². The first kappa shape index (κ1) is 15.5. The van der Waals surface area contributed by atoms with Gasteiger partial charge >= 0.3 is 0 Å². The summed E-state index contributed by atoms with van der Waals surface area (Å²) in [4.78, 5) is 0. The largest absolute Gasteiger partial charge is 0.493 e. The first-order chi connectivity index (χ1) is 9.52. The normalized spacial score (nSPS) is 12.2. The Balaban J connectivity index is 2.43. The van der Waals surface area contributed by atoms with E-state index in [-0.39, 0.29) is 5.82 Å². The van der Waals surface area contributed by atoms with Gasteiger partial charge in [0.2, 0.25) is 0 Å². The minimum Gasteiger partial charge on any atom is -0.493 e. The van der Waals surface area contributed by atoms with Crippen molar-refractivity contribution in [2.75, 3.05) is 6.61 Å². The number of benzene rings is 2. The third-order valence-electron chi connectivity index (χ3n) is 2.83. The van der Waals surface area contributed by atoms with Crippen molar-refractivity contribution in [2.24, 2.45) is 0 Å². The van der Waals surface area contributed by atoms with Crippen molar-refractivity contribution >= 4 is 31.9 Å². The van der Waals surface area contributed by atoms with Crippen LogP contribution in [0.4, 0.5) is 4.39 Å². The lowest BCUT2D eigenvalue weighted by atomic mass is 10.0. The van der Waals surface area contributed by atoms with Gasteiger partial charge in [-0.15, -0.1) is 0 Å². The van der Waals surface area contributed by atoms with Crippen LogP contribution in [-0.2, 0) is 0 Å². The molecule has 2 aromatic carbocycles. The minimum absolute atomic E-state index is 0.321. The Bertz CT molecular complexity index is 617. The Morgan fingerprint density at radius 1 is 1.20 bits per heavy atom. The average Bonchev–Trinajstić information content (AvgIpc) is 2.43. The quantitative estimate of drug-likeness (QED) is 0.791. The molecule has 106 valence electrons. The van der Waals surface area contributed by atoms with Gasteiger partial charge in [0, 0.05) is 10.0 Å². The molecule has 2 rings (SSSR count). The van der Waals surface area contributed by atoms with Gasteiger partial charge in [0.25, 0.3) is 0 Å². The maximum atomic E-state index is 13.3. The smallest absolute Gasteiger partial charge is 0.137 e. The molecule has 1 unspecified atom stereocenters. The van der Waals surface area contributed by atoms with Gasteiger partial charge in [0.15, 0.2) is 0 Å². The van der Waals surface area contributed by atoms with E-state index in [4.69, 9.17) is 4.74 Å². The molecule has 1 atom stereocenters. The van der Waals surface area contributed by atoms with Crippen LogP contribution in [0.3, 0.4) is 0 Å². The molecular weight excluding hydrogens is 391 g/mol. The third kappa shape index (κ3) is 3.40. The Kier molecular flexibility index (Phi) is 5.18. The molecule has 2 nitrogen and oxygen atoms in total. The van der Waals surface area contributed by atoms with E-state index in [0.717, 1.165) is 4.47 Å². The van der Waals surface area contributed by atoms with Gasteiger partial charge in [-0.2, -0.15) is 0 Å². The lowest BCUT2D eigenvalue weighted by Gasteiger charge is -2.17. The fourth-order valence-electron chi connectivity index (χ4n) is 1.88. The molecule has 5 heteroatoms. The zero-order valence-electron chi connectivity index (χ0n) is 10.7. The Labute approximate surface area is 133 Å². The van der Waals surface area contributed by atoms with Crippen LogP contribution in [-0.4, -0.2) is 11.7 Å². The second-order valence-electron chi connectivity index (χ2n) is 4.19. The van der Waals surface area contributed by atoms with E-state index < -0.39 is 6.10 Å². The van der Waals surface area contributed by atoms with E-state index in [0.29, 0.717) is 28.0 Å². The fourth-order valence-corrected chi connectivity index (χ4v) is 2.66. The molecule has 0 heterocycles. The minimum atomic E-state index is -0.883. The lowest BCUT2D eigenvalue weighted by Crippen LogP contribution is -2.04. The molecule has 0 spiro atoms. The molecule has 0 fully saturated rings. The van der Waals surface area contributed by atoms with E-state index >= 15 is 0 Å². The van der Waals surface area contributed by atoms with Gasteiger partial charge in [-0.3, -0.25) is 0 Å². The van der Waals surface area contributed by atoms with Crippen LogP contribution in [0.15, 0.2) is 45.3 Å². The second kappa shape index (κ2) is 6.70. The predicted octanol–water partition coefficient (Wildman–Crippen LogP) is 4.83. The van der Waals surface area contributed by atoms with Gasteiger partial charge in [0.05, 0.1) is 11.1 Å². The molecule has 0 amide bonds. The third-order valence-corrected chi connectivity index (χ3v) is 3.93. The van der Waals surface area contributed by atoms with E-state index in [1.54, 1.807) is 24.3 Å². The van der Waals surface area contributed by atoms with Gasteiger partial charge in [-0.25, -0.2) is 4.39 Å². The lowest BCUT2D eigenvalue weighted by molar-refractivity contribution is 0.211. The number of aliphatic hydroxyl groups excluding tert-OH is 1. The van der Waals surface area contributed by atoms with Crippen LogP contribution in [0, 0.1) is 5.82 Å². The van der Waals surface area contributed by atoms with Gasteiger partial charge < -0.3 is 9.84 Å². The first-order valence-corrected chi connectivity index (χ1v) is 7.66. The summed E-state index contributed by atoms with van der Waals surface area (Å²) in [5, 5.41) is 10.5. The highest BCUT2D eigenvalue weighted by Crippen LogP contribution is 2.33. The standard InChI is InChI=1S/C15H13Br2FO2/c1-2-20-14-6-4-10(16)8-11(14)15(19)9-3-5-13(18)12(17)7-9/h3-8,15,19H,2H2,1H3. The number of aliphatic hydroxyl groups is 1. The van der Waals surface area contributed by atoms with E-state index in [1.165, 1.54) is 6.07 Å². The summed E-state index contributed by atoms with van der Waals surface area (Å²) in [6, 6.07) is 9.89. The molecular formula is C15H13Br2FO2. The molecule has 0 aromatic heterocycles. The summed E-state index contributed by atoms with van der Waals surface area (Å²) in [7, 11) is 0. The van der Waals surface area contributed by atoms with Crippen LogP contribution in [0.2, 0.25) is 0 Å². The van der Waals surface area contributed by atoms with Crippen molar-refractivity contribution in [1.82, 2.24) is 0 Å². The molecule has 20 heavy (non-hydrogen) atoms. The average molecular weight is 404 g/mol. The maximum absolute atomic E-state index is 13.3. The zero-order valence-corrected chi connectivity index (χ0v) is 13.9. The van der Waals surface area contributed by atoms with Crippen molar-refractivity contribution in [1.29, 1.82) is 0 Å². The van der Waals surface area contributed by atoms with E-state index in [9.17, 15) is 9.50 Å². The van der Waals surface area contributed by atoms with E-state index in [1.807, 2.05) is 13.0 Å². The Morgan fingerprint density at radius 2 is 1.95 bits per heavy atom. The number of hydrogen-bond acceptors (Lipinski definition) is 2. The van der Waals surface area contributed by atoms with Crippen molar-refractivity contribution in [3.8, 4) is 5.75 Å². The van der Waals surface area contributed by atoms with E-state index in [2.05, 4.69) is 31.9 Å². The predicted molar refractivity (Wildman–Crippen MR) is 83.5 cm³/mol. The van der Waals surface area contributed by atoms with Gasteiger partial charge in [-0.05, 0) is 58.7 Å². The first-order valence-electron chi connectivity index (χ1n) is 6.08. The molecule has 0 saturated carbocycles. The molecule has 1 N–H and O–H groups in total. The molecule has 0 radical (unpaired) electrons. The van der Waals surface area contributed by atoms with Crippen molar-refractivity contribution in [3.05, 3.63) is 62.3 Å². The summed E-state index contributed by atoms with van der Waals surface area (Å²) in [5.41, 5.74) is 1.23. The molecule has 0 aliphatic heterocycles. The van der Waals surface area contributed by atoms with Crippen LogP contribution in [0.1, 0.15) is 24.2 Å². The molecule has 2 aromatic rings. The topological polar surface area (TPSA) is 29.5 Å². The van der Waals surface area contributed by atoms with Crippen LogP contribution in [0.5, 0.6) is 5.75 Å². The van der Waals surface area contributed by atoms with Gasteiger partial charge in [-0.1, -0.05) is 22.0 Å². The number of rotatable bonds is 4. The SMILES string of the molecule is CCOc1ccc(Br)cc1C(O)c1ccc(F)c(Br)c1. The summed E-state index contributed by atoms with van der Waals surface area (Å²) >= 11 is 6.50. The van der Waals surface area contributed by atoms with Crippen molar-refractivity contribution in [2.45, 2.75) is 13.0 Å². The highest BCUT2D eigenvalue weighted by Gasteiger charge is 2.17. The highest BCUT2D eigenvalue weighted by atomic mass is 79.9. The summed E-state index contributed by atoms with van der Waals surface area (Å²) < 4.78 is 20.0. The maximum Gasteiger partial charge on any atom is 0.137 e. The molecule has 0 bridgehead atoms. The number of halogens is 3. The monoisotopic (exact) mass is 402 g/mol.